The molecule has 0 saturated heterocycles. The minimum atomic E-state index is -0.0365. The highest BCUT2D eigenvalue weighted by Crippen LogP contribution is 2.13. The van der Waals surface area contributed by atoms with Crippen LogP contribution in [0.5, 0.6) is 0 Å². The maximum absolute atomic E-state index is 11.1. The van der Waals surface area contributed by atoms with E-state index in [2.05, 4.69) is 0 Å². The van der Waals surface area contributed by atoms with Crippen LogP contribution in [0, 0.1) is 0 Å². The first-order valence-electron chi connectivity index (χ1n) is 9.67. The van der Waals surface area contributed by atoms with E-state index in [0.717, 1.165) is 13.0 Å². The normalized spacial score (nSPS) is 10.8. The van der Waals surface area contributed by atoms with Crippen LogP contribution in [0.15, 0.2) is 0 Å². The van der Waals surface area contributed by atoms with Gasteiger partial charge in [-0.25, -0.2) is 0 Å². The molecule has 0 atom stereocenters. The zero-order valence-electron chi connectivity index (χ0n) is 14.9. The lowest BCUT2D eigenvalue weighted by atomic mass is 10.0. The van der Waals surface area contributed by atoms with Gasteiger partial charge in [-0.05, 0) is 26.3 Å². The second-order valence-electron chi connectivity index (χ2n) is 6.29. The fourth-order valence-electron chi connectivity index (χ4n) is 2.77. The van der Waals surface area contributed by atoms with Gasteiger partial charge in [0, 0.05) is 6.42 Å². The second-order valence-corrected chi connectivity index (χ2v) is 6.29. The topological polar surface area (TPSA) is 52.3 Å². The molecule has 0 saturated carbocycles. The van der Waals surface area contributed by atoms with Crippen molar-refractivity contribution in [3.8, 4) is 0 Å². The average Bonchev–Trinajstić information content (AvgIpc) is 2.51. The van der Waals surface area contributed by atoms with Gasteiger partial charge < -0.3 is 10.5 Å². The van der Waals surface area contributed by atoms with Crippen LogP contribution in [-0.4, -0.2) is 19.1 Å². The minimum absolute atomic E-state index is 0.0365. The number of ether oxygens (including phenoxy) is 1. The first kappa shape index (κ1) is 21.4. The highest BCUT2D eigenvalue weighted by Gasteiger charge is 2.00. The summed E-state index contributed by atoms with van der Waals surface area (Å²) >= 11 is 0. The highest BCUT2D eigenvalue weighted by molar-refractivity contribution is 5.69. The van der Waals surface area contributed by atoms with Crippen molar-refractivity contribution in [3.63, 3.8) is 0 Å². The molecule has 0 amide bonds. The molecule has 0 unspecified atom stereocenters. The molecule has 0 aliphatic heterocycles. The summed E-state index contributed by atoms with van der Waals surface area (Å²) in [5.74, 6) is -0.0365. The number of carbonyl (C=O) groups excluding carboxylic acids is 1. The van der Waals surface area contributed by atoms with Gasteiger partial charge in [-0.3, -0.25) is 4.79 Å². The van der Waals surface area contributed by atoms with E-state index in [1.165, 1.54) is 83.5 Å². The zero-order chi connectivity index (χ0) is 16.3. The molecule has 0 spiro atoms. The molecule has 3 heteroatoms. The van der Waals surface area contributed by atoms with Crippen molar-refractivity contribution in [2.75, 3.05) is 13.2 Å². The molecule has 0 aliphatic rings. The van der Waals surface area contributed by atoms with Crippen molar-refractivity contribution < 1.29 is 9.53 Å². The van der Waals surface area contributed by atoms with Gasteiger partial charge in [0.15, 0.2) is 0 Å². The Labute approximate surface area is 138 Å². The molecule has 0 aromatic rings. The first-order valence-corrected chi connectivity index (χ1v) is 9.67. The Hall–Kier alpha value is -0.570. The van der Waals surface area contributed by atoms with Gasteiger partial charge in [0.05, 0.1) is 6.61 Å². The van der Waals surface area contributed by atoms with Crippen LogP contribution in [0.25, 0.3) is 0 Å². The van der Waals surface area contributed by atoms with Crippen LogP contribution in [0.2, 0.25) is 0 Å². The summed E-state index contributed by atoms with van der Waals surface area (Å²) < 4.78 is 4.92. The van der Waals surface area contributed by atoms with Crippen LogP contribution in [-0.2, 0) is 9.53 Å². The van der Waals surface area contributed by atoms with Crippen LogP contribution in [0.1, 0.15) is 103 Å². The predicted molar refractivity (Wildman–Crippen MR) is 94.9 cm³/mol. The van der Waals surface area contributed by atoms with Gasteiger partial charge in [-0.2, -0.15) is 0 Å². The van der Waals surface area contributed by atoms with E-state index < -0.39 is 0 Å². The lowest BCUT2D eigenvalue weighted by molar-refractivity contribution is -0.143. The first-order chi connectivity index (χ1) is 10.8. The van der Waals surface area contributed by atoms with Crippen LogP contribution >= 0.6 is 0 Å². The van der Waals surface area contributed by atoms with Crippen molar-refractivity contribution in [3.05, 3.63) is 0 Å². The SMILES string of the molecule is CCOC(=O)CCCCCCCCCCCCCCCCN. The Morgan fingerprint density at radius 1 is 0.682 bits per heavy atom. The number of hydrogen-bond acceptors (Lipinski definition) is 3. The van der Waals surface area contributed by atoms with Crippen LogP contribution < -0.4 is 5.73 Å². The third-order valence-electron chi connectivity index (χ3n) is 4.14. The van der Waals surface area contributed by atoms with E-state index in [1.54, 1.807) is 0 Å². The largest absolute Gasteiger partial charge is 0.466 e. The molecule has 0 radical (unpaired) electrons. The van der Waals surface area contributed by atoms with Crippen LogP contribution in [0.3, 0.4) is 0 Å². The Balaban J connectivity index is 3.01. The molecule has 0 aromatic heterocycles. The highest BCUT2D eigenvalue weighted by atomic mass is 16.5. The van der Waals surface area contributed by atoms with Gasteiger partial charge in [0.1, 0.15) is 0 Å². The van der Waals surface area contributed by atoms with Crippen molar-refractivity contribution in [1.82, 2.24) is 0 Å². The van der Waals surface area contributed by atoms with Gasteiger partial charge in [-0.15, -0.1) is 0 Å². The summed E-state index contributed by atoms with van der Waals surface area (Å²) in [4.78, 5) is 11.1. The quantitative estimate of drug-likeness (QED) is 0.290. The standard InChI is InChI=1S/C19H39NO2/c1-2-22-19(21)17-15-13-11-9-7-5-3-4-6-8-10-12-14-16-18-20/h2-18,20H2,1H3. The number of unbranched alkanes of at least 4 members (excludes halogenated alkanes) is 13. The smallest absolute Gasteiger partial charge is 0.305 e. The summed E-state index contributed by atoms with van der Waals surface area (Å²) in [6.45, 7) is 3.22. The maximum atomic E-state index is 11.1. The van der Waals surface area contributed by atoms with Gasteiger partial charge in [0.25, 0.3) is 0 Å². The van der Waals surface area contributed by atoms with Gasteiger partial charge >= 0.3 is 5.97 Å². The Morgan fingerprint density at radius 2 is 1.05 bits per heavy atom. The van der Waals surface area contributed by atoms with E-state index in [9.17, 15) is 4.79 Å². The number of hydrogen-bond donors (Lipinski definition) is 1. The molecule has 0 aliphatic carbocycles. The molecule has 0 bridgehead atoms. The Bertz CT molecular complexity index is 231. The monoisotopic (exact) mass is 313 g/mol. The second kappa shape index (κ2) is 18.5. The summed E-state index contributed by atoms with van der Waals surface area (Å²) in [7, 11) is 0. The molecule has 0 aromatic carbocycles. The summed E-state index contributed by atoms with van der Waals surface area (Å²) in [5, 5.41) is 0. The predicted octanol–water partition coefficient (Wildman–Crippen LogP) is 5.36. The third kappa shape index (κ3) is 17.5. The Kier molecular flexibility index (Phi) is 18.0. The van der Waals surface area contributed by atoms with Gasteiger partial charge in [-0.1, -0.05) is 77.0 Å². The minimum Gasteiger partial charge on any atom is -0.466 e. The average molecular weight is 314 g/mol. The molecule has 2 N–H and O–H groups in total. The fraction of sp³-hybridized carbons (Fsp3) is 0.947. The lowest BCUT2D eigenvalue weighted by Gasteiger charge is -2.03. The number of nitrogens with two attached hydrogens (primary N) is 1. The molecule has 0 fully saturated rings. The third-order valence-corrected chi connectivity index (χ3v) is 4.14. The summed E-state index contributed by atoms with van der Waals surface area (Å²) in [6.07, 6.45) is 18.9. The van der Waals surface area contributed by atoms with E-state index in [4.69, 9.17) is 10.5 Å². The lowest BCUT2D eigenvalue weighted by Crippen LogP contribution is -2.03. The van der Waals surface area contributed by atoms with Crippen molar-refractivity contribution in [1.29, 1.82) is 0 Å². The zero-order valence-corrected chi connectivity index (χ0v) is 14.9. The van der Waals surface area contributed by atoms with E-state index in [1.807, 2.05) is 6.92 Å². The van der Waals surface area contributed by atoms with E-state index >= 15 is 0 Å². The summed E-state index contributed by atoms with van der Waals surface area (Å²) in [5.41, 5.74) is 5.48. The number of esters is 1. The molecule has 0 rings (SSSR count). The number of carbonyl (C=O) groups is 1. The molecule has 132 valence electrons. The van der Waals surface area contributed by atoms with E-state index in [0.29, 0.717) is 13.0 Å². The fourth-order valence-corrected chi connectivity index (χ4v) is 2.77. The van der Waals surface area contributed by atoms with Crippen LogP contribution in [0.4, 0.5) is 0 Å². The van der Waals surface area contributed by atoms with Gasteiger partial charge in [0.2, 0.25) is 0 Å². The molecule has 0 heterocycles. The summed E-state index contributed by atoms with van der Waals surface area (Å²) in [6, 6.07) is 0. The van der Waals surface area contributed by atoms with Crippen molar-refractivity contribution in [2.45, 2.75) is 103 Å². The molecular formula is C19H39NO2. The van der Waals surface area contributed by atoms with Crippen molar-refractivity contribution in [2.24, 2.45) is 5.73 Å². The Morgan fingerprint density at radius 3 is 1.41 bits per heavy atom. The molecule has 22 heavy (non-hydrogen) atoms. The number of rotatable bonds is 17. The molecule has 3 nitrogen and oxygen atoms in total. The van der Waals surface area contributed by atoms with E-state index in [-0.39, 0.29) is 5.97 Å². The van der Waals surface area contributed by atoms with Crippen molar-refractivity contribution >= 4 is 5.97 Å². The molecular weight excluding hydrogens is 274 g/mol. The maximum Gasteiger partial charge on any atom is 0.305 e.